The predicted molar refractivity (Wildman–Crippen MR) is 92.8 cm³/mol. The first kappa shape index (κ1) is 15.8. The maximum atomic E-state index is 12.0. The van der Waals surface area contributed by atoms with Gasteiger partial charge in [-0.3, -0.25) is 9.78 Å². The maximum absolute atomic E-state index is 12.0. The molecule has 23 heavy (non-hydrogen) atoms. The lowest BCUT2D eigenvalue weighted by Crippen LogP contribution is -2.39. The number of anilines is 1. The van der Waals surface area contributed by atoms with E-state index < -0.39 is 0 Å². The van der Waals surface area contributed by atoms with Gasteiger partial charge in [-0.1, -0.05) is 25.1 Å². The lowest BCUT2D eigenvalue weighted by atomic mass is 9.95. The van der Waals surface area contributed by atoms with E-state index in [0.717, 1.165) is 43.6 Å². The summed E-state index contributed by atoms with van der Waals surface area (Å²) in [5, 5.41) is 1.18. The fraction of sp³-hybridized carbons (Fsp3) is 0.474. The maximum Gasteiger partial charge on any atom is 0.310 e. The molecular weight excluding hydrogens is 288 g/mol. The molecule has 0 bridgehead atoms. The van der Waals surface area contributed by atoms with E-state index in [2.05, 4.69) is 36.9 Å². The van der Waals surface area contributed by atoms with Gasteiger partial charge in [-0.2, -0.15) is 0 Å². The van der Waals surface area contributed by atoms with Crippen molar-refractivity contribution in [2.24, 2.45) is 5.92 Å². The number of fused-ring (bicyclic) bond motifs is 1. The van der Waals surface area contributed by atoms with Gasteiger partial charge in [-0.25, -0.2) is 0 Å². The molecule has 1 aliphatic rings. The Morgan fingerprint density at radius 2 is 2.17 bits per heavy atom. The van der Waals surface area contributed by atoms with Gasteiger partial charge in [0.25, 0.3) is 0 Å². The standard InChI is InChI=1S/C19H24N2O2/c1-4-15-13(2)20-17-10-6-5-9-16(17)18(15)21-11-7-8-14(12-21)19(22)23-3/h5-6,9-10,14H,4,7-8,11-12H2,1-3H3/t14-/m1/s1. The number of carbonyl (C=O) groups is 1. The van der Waals surface area contributed by atoms with Crippen LogP contribution < -0.4 is 4.90 Å². The molecular formula is C19H24N2O2. The summed E-state index contributed by atoms with van der Waals surface area (Å²) in [6.45, 7) is 5.96. The largest absolute Gasteiger partial charge is 0.469 e. The third-order valence-electron chi connectivity index (χ3n) is 4.80. The van der Waals surface area contributed by atoms with Gasteiger partial charge >= 0.3 is 5.97 Å². The molecule has 2 aromatic rings. The number of esters is 1. The van der Waals surface area contributed by atoms with Crippen LogP contribution in [0.4, 0.5) is 5.69 Å². The first-order valence-electron chi connectivity index (χ1n) is 8.36. The van der Waals surface area contributed by atoms with Gasteiger partial charge in [-0.05, 0) is 37.8 Å². The average molecular weight is 312 g/mol. The molecule has 0 aliphatic carbocycles. The zero-order chi connectivity index (χ0) is 16.4. The van der Waals surface area contributed by atoms with E-state index in [1.165, 1.54) is 23.7 Å². The minimum atomic E-state index is -0.0946. The monoisotopic (exact) mass is 312 g/mol. The van der Waals surface area contributed by atoms with E-state index in [9.17, 15) is 4.79 Å². The number of aromatic nitrogens is 1. The van der Waals surface area contributed by atoms with Gasteiger partial charge in [0.2, 0.25) is 0 Å². The second kappa shape index (κ2) is 6.57. The normalized spacial score (nSPS) is 18.2. The number of para-hydroxylation sites is 1. The van der Waals surface area contributed by atoms with E-state index in [1.54, 1.807) is 0 Å². The summed E-state index contributed by atoms with van der Waals surface area (Å²) in [6, 6.07) is 8.28. The number of hydrogen-bond donors (Lipinski definition) is 0. The number of methoxy groups -OCH3 is 1. The average Bonchev–Trinajstić information content (AvgIpc) is 2.59. The Hall–Kier alpha value is -2.10. The van der Waals surface area contributed by atoms with Crippen molar-refractivity contribution < 1.29 is 9.53 Å². The van der Waals surface area contributed by atoms with Crippen molar-refractivity contribution in [3.8, 4) is 0 Å². The van der Waals surface area contributed by atoms with Gasteiger partial charge in [0.05, 0.1) is 24.2 Å². The Morgan fingerprint density at radius 1 is 1.39 bits per heavy atom. The Balaban J connectivity index is 2.09. The summed E-state index contributed by atoms with van der Waals surface area (Å²) in [6.07, 6.45) is 2.86. The molecule has 0 N–H and O–H groups in total. The fourth-order valence-electron chi connectivity index (χ4n) is 3.68. The Bertz CT molecular complexity index is 727. The number of benzene rings is 1. The molecule has 4 nitrogen and oxygen atoms in total. The Morgan fingerprint density at radius 3 is 2.91 bits per heavy atom. The van der Waals surface area contributed by atoms with Crippen LogP contribution in [0.5, 0.6) is 0 Å². The zero-order valence-electron chi connectivity index (χ0n) is 14.1. The number of hydrogen-bond acceptors (Lipinski definition) is 4. The zero-order valence-corrected chi connectivity index (χ0v) is 14.1. The molecule has 1 saturated heterocycles. The van der Waals surface area contributed by atoms with Gasteiger partial charge in [-0.15, -0.1) is 0 Å². The molecule has 1 fully saturated rings. The molecule has 0 spiro atoms. The Labute approximate surface area is 137 Å². The molecule has 1 aromatic carbocycles. The minimum Gasteiger partial charge on any atom is -0.469 e. The second-order valence-electron chi connectivity index (χ2n) is 6.20. The summed E-state index contributed by atoms with van der Waals surface area (Å²) < 4.78 is 4.96. The summed E-state index contributed by atoms with van der Waals surface area (Å²) >= 11 is 0. The van der Waals surface area contributed by atoms with Crippen LogP contribution >= 0.6 is 0 Å². The number of piperidine rings is 1. The van der Waals surface area contributed by atoms with Crippen LogP contribution in [-0.4, -0.2) is 31.2 Å². The highest BCUT2D eigenvalue weighted by atomic mass is 16.5. The van der Waals surface area contributed by atoms with E-state index >= 15 is 0 Å². The van der Waals surface area contributed by atoms with Gasteiger partial charge in [0, 0.05) is 24.2 Å². The molecule has 0 radical (unpaired) electrons. The lowest BCUT2D eigenvalue weighted by Gasteiger charge is -2.35. The number of pyridine rings is 1. The van der Waals surface area contributed by atoms with Gasteiger partial charge < -0.3 is 9.64 Å². The number of nitrogens with zero attached hydrogens (tertiary/aromatic N) is 2. The van der Waals surface area contributed by atoms with Gasteiger partial charge in [0.1, 0.15) is 0 Å². The predicted octanol–water partition coefficient (Wildman–Crippen LogP) is 3.50. The third-order valence-corrected chi connectivity index (χ3v) is 4.80. The molecule has 1 aromatic heterocycles. The quantitative estimate of drug-likeness (QED) is 0.814. The molecule has 1 atom stereocenters. The third kappa shape index (κ3) is 2.90. The van der Waals surface area contributed by atoms with Crippen molar-refractivity contribution in [1.82, 2.24) is 4.98 Å². The van der Waals surface area contributed by atoms with Crippen LogP contribution in [0.25, 0.3) is 10.9 Å². The molecule has 1 aliphatic heterocycles. The molecule has 4 heteroatoms. The molecule has 0 unspecified atom stereocenters. The van der Waals surface area contributed by atoms with Crippen molar-refractivity contribution >= 4 is 22.6 Å². The van der Waals surface area contributed by atoms with E-state index in [0.29, 0.717) is 0 Å². The highest BCUT2D eigenvalue weighted by molar-refractivity contribution is 5.94. The fourth-order valence-corrected chi connectivity index (χ4v) is 3.68. The summed E-state index contributed by atoms with van der Waals surface area (Å²) in [7, 11) is 1.48. The van der Waals surface area contributed by atoms with Gasteiger partial charge in [0.15, 0.2) is 0 Å². The number of aryl methyl sites for hydroxylation is 1. The topological polar surface area (TPSA) is 42.4 Å². The van der Waals surface area contributed by atoms with E-state index in [-0.39, 0.29) is 11.9 Å². The SMILES string of the molecule is CCc1c(C)nc2ccccc2c1N1CCC[C@@H](C(=O)OC)C1. The number of rotatable bonds is 3. The van der Waals surface area contributed by atoms with Crippen LogP contribution in [0.15, 0.2) is 24.3 Å². The number of carbonyl (C=O) groups excluding carboxylic acids is 1. The van der Waals surface area contributed by atoms with Crippen LogP contribution in [-0.2, 0) is 16.0 Å². The summed E-state index contributed by atoms with van der Waals surface area (Å²) in [5.74, 6) is -0.131. The van der Waals surface area contributed by atoms with Crippen LogP contribution in [0.1, 0.15) is 31.0 Å². The van der Waals surface area contributed by atoms with E-state index in [4.69, 9.17) is 9.72 Å². The van der Waals surface area contributed by atoms with E-state index in [1.807, 2.05) is 6.07 Å². The molecule has 122 valence electrons. The molecule has 2 heterocycles. The van der Waals surface area contributed by atoms with Crippen molar-refractivity contribution in [2.75, 3.05) is 25.1 Å². The lowest BCUT2D eigenvalue weighted by molar-refractivity contribution is -0.145. The van der Waals surface area contributed by atoms with Crippen molar-refractivity contribution in [2.45, 2.75) is 33.1 Å². The van der Waals surface area contributed by atoms with Crippen molar-refractivity contribution in [3.63, 3.8) is 0 Å². The first-order chi connectivity index (χ1) is 11.2. The number of ether oxygens (including phenoxy) is 1. The molecule has 3 rings (SSSR count). The van der Waals surface area contributed by atoms with Crippen LogP contribution in [0.2, 0.25) is 0 Å². The van der Waals surface area contributed by atoms with Crippen molar-refractivity contribution in [3.05, 3.63) is 35.5 Å². The summed E-state index contributed by atoms with van der Waals surface area (Å²) in [4.78, 5) is 19.1. The summed E-state index contributed by atoms with van der Waals surface area (Å²) in [5.41, 5.74) is 4.65. The first-order valence-corrected chi connectivity index (χ1v) is 8.36. The molecule has 0 amide bonds. The molecule has 0 saturated carbocycles. The van der Waals surface area contributed by atoms with Crippen LogP contribution in [0, 0.1) is 12.8 Å². The Kier molecular flexibility index (Phi) is 4.51. The highest BCUT2D eigenvalue weighted by Gasteiger charge is 2.28. The smallest absolute Gasteiger partial charge is 0.310 e. The highest BCUT2D eigenvalue weighted by Crippen LogP contribution is 2.35. The van der Waals surface area contributed by atoms with Crippen LogP contribution in [0.3, 0.4) is 0 Å². The van der Waals surface area contributed by atoms with Crippen molar-refractivity contribution in [1.29, 1.82) is 0 Å². The second-order valence-corrected chi connectivity index (χ2v) is 6.20. The minimum absolute atomic E-state index is 0.0364.